The number of imidazole rings is 1. The van der Waals surface area contributed by atoms with Gasteiger partial charge in [0.25, 0.3) is 0 Å². The van der Waals surface area contributed by atoms with Crippen LogP contribution in [0.4, 0.5) is 0 Å². The second-order valence-electron chi connectivity index (χ2n) is 7.43. The Morgan fingerprint density at radius 3 is 2.22 bits per heavy atom. The first-order chi connectivity index (χ1) is 13.1. The van der Waals surface area contributed by atoms with Crippen molar-refractivity contribution in [1.29, 1.82) is 0 Å². The SMILES string of the molecule is CC(C)c1nccn1C[C@@H]1COC(=O)C1(c1ccccc1)c1ccccc1. The summed E-state index contributed by atoms with van der Waals surface area (Å²) >= 11 is 0. The molecular formula is C23H24N2O2. The molecule has 4 heteroatoms. The second kappa shape index (κ2) is 7.03. The first-order valence-electron chi connectivity index (χ1n) is 9.43. The number of hydrogen-bond acceptors (Lipinski definition) is 3. The fourth-order valence-corrected chi connectivity index (χ4v) is 4.26. The van der Waals surface area contributed by atoms with Crippen molar-refractivity contribution in [3.05, 3.63) is 90.0 Å². The molecule has 1 aliphatic rings. The molecule has 2 aromatic carbocycles. The Labute approximate surface area is 159 Å². The zero-order valence-electron chi connectivity index (χ0n) is 15.7. The summed E-state index contributed by atoms with van der Waals surface area (Å²) in [5, 5.41) is 0. The number of carbonyl (C=O) groups excluding carboxylic acids is 1. The van der Waals surface area contributed by atoms with Crippen molar-refractivity contribution in [2.75, 3.05) is 6.61 Å². The van der Waals surface area contributed by atoms with Crippen molar-refractivity contribution in [3.8, 4) is 0 Å². The van der Waals surface area contributed by atoms with Crippen LogP contribution in [-0.2, 0) is 21.5 Å². The maximum Gasteiger partial charge on any atom is 0.321 e. The van der Waals surface area contributed by atoms with Gasteiger partial charge in [0.05, 0.1) is 6.61 Å². The molecule has 3 aromatic rings. The average molecular weight is 360 g/mol. The van der Waals surface area contributed by atoms with E-state index >= 15 is 0 Å². The van der Waals surface area contributed by atoms with E-state index in [0.717, 1.165) is 17.0 Å². The Morgan fingerprint density at radius 2 is 1.67 bits per heavy atom. The van der Waals surface area contributed by atoms with Crippen LogP contribution in [0.5, 0.6) is 0 Å². The number of benzene rings is 2. The predicted molar refractivity (Wildman–Crippen MR) is 104 cm³/mol. The Kier molecular flexibility index (Phi) is 4.56. The molecule has 138 valence electrons. The lowest BCUT2D eigenvalue weighted by Crippen LogP contribution is -2.41. The quantitative estimate of drug-likeness (QED) is 0.642. The first-order valence-corrected chi connectivity index (χ1v) is 9.43. The molecule has 0 saturated carbocycles. The number of aromatic nitrogens is 2. The molecule has 1 saturated heterocycles. The van der Waals surface area contributed by atoms with Crippen LogP contribution in [0.25, 0.3) is 0 Å². The molecule has 0 radical (unpaired) electrons. The van der Waals surface area contributed by atoms with Gasteiger partial charge in [-0.15, -0.1) is 0 Å². The summed E-state index contributed by atoms with van der Waals surface area (Å²) in [6, 6.07) is 20.0. The fraction of sp³-hybridized carbons (Fsp3) is 0.304. The second-order valence-corrected chi connectivity index (χ2v) is 7.43. The van der Waals surface area contributed by atoms with Gasteiger partial charge in [0.2, 0.25) is 0 Å². The molecule has 4 nitrogen and oxygen atoms in total. The van der Waals surface area contributed by atoms with E-state index in [9.17, 15) is 4.79 Å². The van der Waals surface area contributed by atoms with Gasteiger partial charge in [0.1, 0.15) is 11.2 Å². The van der Waals surface area contributed by atoms with Gasteiger partial charge in [-0.25, -0.2) is 4.98 Å². The fourth-order valence-electron chi connectivity index (χ4n) is 4.26. The molecule has 1 aromatic heterocycles. The molecular weight excluding hydrogens is 336 g/mol. The molecule has 1 aliphatic heterocycles. The van der Waals surface area contributed by atoms with E-state index in [1.165, 1.54) is 0 Å². The van der Waals surface area contributed by atoms with Crippen molar-refractivity contribution in [2.24, 2.45) is 5.92 Å². The third kappa shape index (κ3) is 2.85. The summed E-state index contributed by atoms with van der Waals surface area (Å²) in [5.41, 5.74) is 1.16. The number of hydrogen-bond donors (Lipinski definition) is 0. The van der Waals surface area contributed by atoms with Crippen LogP contribution < -0.4 is 0 Å². The average Bonchev–Trinajstić information content (AvgIpc) is 3.29. The van der Waals surface area contributed by atoms with Crippen molar-refractivity contribution >= 4 is 5.97 Å². The Morgan fingerprint density at radius 1 is 1.07 bits per heavy atom. The zero-order chi connectivity index (χ0) is 18.9. The molecule has 27 heavy (non-hydrogen) atoms. The highest BCUT2D eigenvalue weighted by Gasteiger charge is 2.55. The Balaban J connectivity index is 1.85. The van der Waals surface area contributed by atoms with E-state index in [-0.39, 0.29) is 11.9 Å². The molecule has 0 spiro atoms. The van der Waals surface area contributed by atoms with Crippen molar-refractivity contribution in [2.45, 2.75) is 31.7 Å². The lowest BCUT2D eigenvalue weighted by atomic mass is 9.67. The summed E-state index contributed by atoms with van der Waals surface area (Å²) < 4.78 is 7.83. The number of ether oxygens (including phenoxy) is 1. The normalized spacial score (nSPS) is 18.6. The van der Waals surface area contributed by atoms with Crippen LogP contribution in [0.3, 0.4) is 0 Å². The first kappa shape index (κ1) is 17.5. The van der Waals surface area contributed by atoms with Crippen LogP contribution >= 0.6 is 0 Å². The smallest absolute Gasteiger partial charge is 0.321 e. The van der Waals surface area contributed by atoms with E-state index in [0.29, 0.717) is 19.1 Å². The van der Waals surface area contributed by atoms with Gasteiger partial charge in [0, 0.05) is 30.8 Å². The number of nitrogens with zero attached hydrogens (tertiary/aromatic N) is 2. The number of rotatable bonds is 5. The number of cyclic esters (lactones) is 1. The van der Waals surface area contributed by atoms with Crippen molar-refractivity contribution in [1.82, 2.24) is 9.55 Å². The van der Waals surface area contributed by atoms with Gasteiger partial charge in [-0.1, -0.05) is 74.5 Å². The molecule has 0 aliphatic carbocycles. The van der Waals surface area contributed by atoms with Crippen LogP contribution in [-0.4, -0.2) is 22.1 Å². The van der Waals surface area contributed by atoms with Gasteiger partial charge in [-0.05, 0) is 11.1 Å². The van der Waals surface area contributed by atoms with E-state index in [2.05, 4.69) is 23.4 Å². The predicted octanol–water partition coefficient (Wildman–Crippen LogP) is 4.17. The monoisotopic (exact) mass is 360 g/mol. The third-order valence-corrected chi connectivity index (χ3v) is 5.49. The van der Waals surface area contributed by atoms with Crippen LogP contribution in [0.2, 0.25) is 0 Å². The zero-order valence-corrected chi connectivity index (χ0v) is 15.7. The highest BCUT2D eigenvalue weighted by Crippen LogP contribution is 2.45. The molecule has 0 unspecified atom stereocenters. The molecule has 0 N–H and O–H groups in total. The Bertz CT molecular complexity index is 876. The van der Waals surface area contributed by atoms with Crippen LogP contribution in [0, 0.1) is 5.92 Å². The van der Waals surface area contributed by atoms with E-state index in [4.69, 9.17) is 4.74 Å². The van der Waals surface area contributed by atoms with E-state index < -0.39 is 5.41 Å². The maximum absolute atomic E-state index is 13.2. The summed E-state index contributed by atoms with van der Waals surface area (Å²) in [6.07, 6.45) is 3.83. The van der Waals surface area contributed by atoms with Crippen molar-refractivity contribution in [3.63, 3.8) is 0 Å². The molecule has 0 amide bonds. The summed E-state index contributed by atoms with van der Waals surface area (Å²) in [4.78, 5) is 17.7. The van der Waals surface area contributed by atoms with Gasteiger partial charge in [0.15, 0.2) is 0 Å². The minimum Gasteiger partial charge on any atom is -0.464 e. The van der Waals surface area contributed by atoms with Gasteiger partial charge >= 0.3 is 5.97 Å². The largest absolute Gasteiger partial charge is 0.464 e. The standard InChI is InChI=1S/C23H24N2O2/c1-17(2)21-24-13-14-25(21)15-20-16-27-22(26)23(20,18-9-5-3-6-10-18)19-11-7-4-8-12-19/h3-14,17,20H,15-16H2,1-2H3/t20-/m1/s1. The van der Waals surface area contributed by atoms with Gasteiger partial charge < -0.3 is 9.30 Å². The van der Waals surface area contributed by atoms with Gasteiger partial charge in [-0.3, -0.25) is 4.79 Å². The molecule has 1 atom stereocenters. The number of esters is 1. The summed E-state index contributed by atoms with van der Waals surface area (Å²) in [5.74, 6) is 1.17. The summed E-state index contributed by atoms with van der Waals surface area (Å²) in [7, 11) is 0. The van der Waals surface area contributed by atoms with Crippen molar-refractivity contribution < 1.29 is 9.53 Å². The topological polar surface area (TPSA) is 44.1 Å². The minimum absolute atomic E-state index is 0.0125. The minimum atomic E-state index is -0.805. The molecule has 1 fully saturated rings. The highest BCUT2D eigenvalue weighted by atomic mass is 16.5. The van der Waals surface area contributed by atoms with E-state index in [1.54, 1.807) is 0 Å². The maximum atomic E-state index is 13.2. The molecule has 4 rings (SSSR count). The van der Waals surface area contributed by atoms with E-state index in [1.807, 2.05) is 73.1 Å². The van der Waals surface area contributed by atoms with Crippen LogP contribution in [0.1, 0.15) is 36.7 Å². The van der Waals surface area contributed by atoms with Gasteiger partial charge in [-0.2, -0.15) is 0 Å². The third-order valence-electron chi connectivity index (χ3n) is 5.49. The number of carbonyl (C=O) groups is 1. The molecule has 2 heterocycles. The lowest BCUT2D eigenvalue weighted by Gasteiger charge is -2.33. The lowest BCUT2D eigenvalue weighted by molar-refractivity contribution is -0.141. The highest BCUT2D eigenvalue weighted by molar-refractivity contribution is 5.90. The molecule has 0 bridgehead atoms. The summed E-state index contributed by atoms with van der Waals surface area (Å²) in [6.45, 7) is 5.36. The Hall–Kier alpha value is -2.88. The van der Waals surface area contributed by atoms with Crippen LogP contribution in [0.15, 0.2) is 73.1 Å².